The maximum absolute atomic E-state index is 13.1. The van der Waals surface area contributed by atoms with Gasteiger partial charge in [0.05, 0.1) is 12.0 Å². The van der Waals surface area contributed by atoms with Crippen LogP contribution in [0.5, 0.6) is 11.5 Å². The van der Waals surface area contributed by atoms with Gasteiger partial charge in [-0.3, -0.25) is 4.79 Å². The van der Waals surface area contributed by atoms with Crippen LogP contribution in [0.1, 0.15) is 30.4 Å². The van der Waals surface area contributed by atoms with Crippen LogP contribution in [0.15, 0.2) is 47.4 Å². The molecule has 1 aliphatic rings. The first kappa shape index (κ1) is 24.3. The zero-order valence-corrected chi connectivity index (χ0v) is 19.5. The number of nitriles is 1. The van der Waals surface area contributed by atoms with E-state index in [2.05, 4.69) is 5.32 Å². The Morgan fingerprint density at radius 2 is 1.91 bits per heavy atom. The van der Waals surface area contributed by atoms with Gasteiger partial charge in [-0.05, 0) is 61.2 Å². The van der Waals surface area contributed by atoms with E-state index >= 15 is 0 Å². The zero-order valence-electron chi connectivity index (χ0n) is 18.7. The minimum Gasteiger partial charge on any atom is -0.493 e. The van der Waals surface area contributed by atoms with Crippen LogP contribution in [-0.4, -0.2) is 45.4 Å². The third-order valence-corrected chi connectivity index (χ3v) is 7.34. The van der Waals surface area contributed by atoms with Crippen LogP contribution in [0.2, 0.25) is 0 Å². The maximum Gasteiger partial charge on any atom is 0.248 e. The molecule has 1 saturated heterocycles. The molecular weight excluding hydrogens is 442 g/mol. The lowest BCUT2D eigenvalue weighted by atomic mass is 10.2. The van der Waals surface area contributed by atoms with Gasteiger partial charge in [-0.1, -0.05) is 18.6 Å². The van der Waals surface area contributed by atoms with Crippen molar-refractivity contribution in [3.05, 3.63) is 53.6 Å². The van der Waals surface area contributed by atoms with Crippen LogP contribution in [0.3, 0.4) is 0 Å². The number of anilines is 1. The number of aryl methyl sites for hydroxylation is 1. The number of amides is 1. The van der Waals surface area contributed by atoms with Crippen molar-refractivity contribution in [2.45, 2.75) is 31.1 Å². The Morgan fingerprint density at radius 1 is 1.15 bits per heavy atom. The number of sulfonamides is 1. The number of hydrogen-bond acceptors (Lipinski definition) is 6. The molecule has 2 aromatic carbocycles. The highest BCUT2D eigenvalue weighted by Gasteiger charge is 2.27. The first-order valence-corrected chi connectivity index (χ1v) is 12.1. The minimum atomic E-state index is -3.61. The number of nitrogens with one attached hydrogen (secondary N) is 1. The van der Waals surface area contributed by atoms with Crippen LogP contribution >= 0.6 is 0 Å². The first-order valence-electron chi connectivity index (χ1n) is 10.6. The molecule has 0 saturated carbocycles. The summed E-state index contributed by atoms with van der Waals surface area (Å²) in [5, 5.41) is 11.4. The van der Waals surface area contributed by atoms with Crippen LogP contribution in [0.4, 0.5) is 5.69 Å². The number of rotatable bonds is 8. The summed E-state index contributed by atoms with van der Waals surface area (Å²) in [5.74, 6) is 0.477. The van der Waals surface area contributed by atoms with Crippen molar-refractivity contribution in [1.29, 1.82) is 5.26 Å². The molecule has 3 rings (SSSR count). The fourth-order valence-corrected chi connectivity index (χ4v) is 5.34. The van der Waals surface area contributed by atoms with Crippen molar-refractivity contribution in [2.75, 3.05) is 32.1 Å². The Labute approximate surface area is 194 Å². The molecule has 1 amide bonds. The predicted octanol–water partition coefficient (Wildman–Crippen LogP) is 3.73. The highest BCUT2D eigenvalue weighted by molar-refractivity contribution is 7.89. The van der Waals surface area contributed by atoms with Gasteiger partial charge in [-0.25, -0.2) is 8.42 Å². The Morgan fingerprint density at radius 3 is 2.61 bits per heavy atom. The topological polar surface area (TPSA) is 109 Å². The molecule has 0 aliphatic carbocycles. The van der Waals surface area contributed by atoms with Crippen LogP contribution < -0.4 is 14.8 Å². The zero-order chi connectivity index (χ0) is 23.8. The molecule has 2 aromatic rings. The SMILES string of the molecule is COc1cc(/C=C/C(=O)Nc2ccc(C)c(S(=O)(=O)N3CCCCC3)c2)ccc1OCC#N. The second kappa shape index (κ2) is 11.0. The number of carbonyl (C=O) groups is 1. The molecule has 0 aromatic heterocycles. The molecule has 1 N–H and O–H groups in total. The average Bonchev–Trinajstić information content (AvgIpc) is 2.83. The van der Waals surface area contributed by atoms with E-state index in [0.29, 0.717) is 41.4 Å². The van der Waals surface area contributed by atoms with E-state index in [1.54, 1.807) is 43.3 Å². The summed E-state index contributed by atoms with van der Waals surface area (Å²) in [6, 6.07) is 11.9. The summed E-state index contributed by atoms with van der Waals surface area (Å²) in [5.41, 5.74) is 1.74. The maximum atomic E-state index is 13.1. The largest absolute Gasteiger partial charge is 0.493 e. The molecular formula is C24H27N3O5S. The molecule has 9 heteroatoms. The summed E-state index contributed by atoms with van der Waals surface area (Å²) in [7, 11) is -2.12. The highest BCUT2D eigenvalue weighted by Crippen LogP contribution is 2.29. The van der Waals surface area contributed by atoms with Crippen LogP contribution in [0.25, 0.3) is 6.08 Å². The molecule has 1 fully saturated rings. The van der Waals surface area contributed by atoms with Gasteiger partial charge in [0, 0.05) is 24.9 Å². The number of methoxy groups -OCH3 is 1. The van der Waals surface area contributed by atoms with Gasteiger partial charge < -0.3 is 14.8 Å². The van der Waals surface area contributed by atoms with E-state index in [9.17, 15) is 13.2 Å². The number of piperidine rings is 1. The van der Waals surface area contributed by atoms with Gasteiger partial charge in [-0.15, -0.1) is 0 Å². The summed E-state index contributed by atoms with van der Waals surface area (Å²) >= 11 is 0. The van der Waals surface area contributed by atoms with Crippen molar-refractivity contribution in [3.8, 4) is 17.6 Å². The molecule has 174 valence electrons. The number of nitrogens with zero attached hydrogens (tertiary/aromatic N) is 2. The van der Waals surface area contributed by atoms with Gasteiger partial charge in [0.25, 0.3) is 0 Å². The van der Waals surface area contributed by atoms with Crippen LogP contribution in [0, 0.1) is 18.3 Å². The van der Waals surface area contributed by atoms with Crippen molar-refractivity contribution in [2.24, 2.45) is 0 Å². The monoisotopic (exact) mass is 469 g/mol. The lowest BCUT2D eigenvalue weighted by molar-refractivity contribution is -0.111. The highest BCUT2D eigenvalue weighted by atomic mass is 32.2. The van der Waals surface area contributed by atoms with Gasteiger partial charge in [0.15, 0.2) is 18.1 Å². The van der Waals surface area contributed by atoms with E-state index in [4.69, 9.17) is 14.7 Å². The van der Waals surface area contributed by atoms with Crippen molar-refractivity contribution >= 4 is 27.7 Å². The van der Waals surface area contributed by atoms with Gasteiger partial charge in [-0.2, -0.15) is 9.57 Å². The van der Waals surface area contributed by atoms with Gasteiger partial charge in [0.1, 0.15) is 6.07 Å². The lowest BCUT2D eigenvalue weighted by Gasteiger charge is -2.26. The summed E-state index contributed by atoms with van der Waals surface area (Å²) in [6.07, 6.45) is 5.70. The summed E-state index contributed by atoms with van der Waals surface area (Å²) in [6.45, 7) is 2.69. The lowest BCUT2D eigenvalue weighted by Crippen LogP contribution is -2.36. The van der Waals surface area contributed by atoms with E-state index in [0.717, 1.165) is 19.3 Å². The number of hydrogen-bond donors (Lipinski definition) is 1. The molecule has 1 heterocycles. The second-order valence-electron chi connectivity index (χ2n) is 7.62. The standard InChI is InChI=1S/C24H27N3O5S/c1-18-6-9-20(17-23(18)33(29,30)27-13-4-3-5-14-27)26-24(28)11-8-19-7-10-21(32-15-12-25)22(16-19)31-2/h6-11,16-17H,3-5,13-15H2,1-2H3,(H,26,28)/b11-8+. The summed E-state index contributed by atoms with van der Waals surface area (Å²) < 4.78 is 38.2. The van der Waals surface area contributed by atoms with Crippen LogP contribution in [-0.2, 0) is 14.8 Å². The molecule has 0 atom stereocenters. The number of benzene rings is 2. The van der Waals surface area contributed by atoms with Crippen molar-refractivity contribution in [1.82, 2.24) is 4.31 Å². The Hall–Kier alpha value is -3.35. The smallest absolute Gasteiger partial charge is 0.248 e. The third kappa shape index (κ3) is 6.12. The van der Waals surface area contributed by atoms with Crippen molar-refractivity contribution < 1.29 is 22.7 Å². The average molecular weight is 470 g/mol. The Kier molecular flexibility index (Phi) is 8.09. The molecule has 0 radical (unpaired) electrons. The van der Waals surface area contributed by atoms with Gasteiger partial charge in [0.2, 0.25) is 15.9 Å². The number of carbonyl (C=O) groups excluding carboxylic acids is 1. The van der Waals surface area contributed by atoms with Gasteiger partial charge >= 0.3 is 0 Å². The number of ether oxygens (including phenoxy) is 2. The fourth-order valence-electron chi connectivity index (χ4n) is 3.57. The molecule has 0 unspecified atom stereocenters. The second-order valence-corrected chi connectivity index (χ2v) is 9.53. The van der Waals surface area contributed by atoms with E-state index in [1.807, 2.05) is 6.07 Å². The molecule has 0 spiro atoms. The normalized spacial score (nSPS) is 14.6. The van der Waals surface area contributed by atoms with E-state index < -0.39 is 15.9 Å². The molecule has 33 heavy (non-hydrogen) atoms. The minimum absolute atomic E-state index is 0.0973. The predicted molar refractivity (Wildman–Crippen MR) is 126 cm³/mol. The first-order chi connectivity index (χ1) is 15.8. The van der Waals surface area contributed by atoms with E-state index in [1.165, 1.54) is 23.6 Å². The Balaban J connectivity index is 1.72. The van der Waals surface area contributed by atoms with Crippen molar-refractivity contribution in [3.63, 3.8) is 0 Å². The Bertz CT molecular complexity index is 1180. The van der Waals surface area contributed by atoms with E-state index in [-0.39, 0.29) is 11.5 Å². The molecule has 0 bridgehead atoms. The molecule has 1 aliphatic heterocycles. The molecule has 8 nitrogen and oxygen atoms in total. The fraction of sp³-hybridized carbons (Fsp3) is 0.333. The quantitative estimate of drug-likeness (QED) is 0.590. The summed E-state index contributed by atoms with van der Waals surface area (Å²) in [4.78, 5) is 12.7. The third-order valence-electron chi connectivity index (χ3n) is 5.30.